The molecule has 2 aromatic carbocycles. The van der Waals surface area contributed by atoms with E-state index in [0.29, 0.717) is 0 Å². The zero-order chi connectivity index (χ0) is 14.7. The van der Waals surface area contributed by atoms with Crippen LogP contribution in [0.1, 0.15) is 17.2 Å². The summed E-state index contributed by atoms with van der Waals surface area (Å²) in [7, 11) is 2.01. The molecular formula is C18H17BrN2. The summed E-state index contributed by atoms with van der Waals surface area (Å²) in [5, 5.41) is 5.89. The van der Waals surface area contributed by atoms with Gasteiger partial charge in [0.2, 0.25) is 0 Å². The van der Waals surface area contributed by atoms with Gasteiger partial charge in [0, 0.05) is 28.3 Å². The van der Waals surface area contributed by atoms with Crippen molar-refractivity contribution in [1.82, 2.24) is 10.3 Å². The molecule has 0 radical (unpaired) electrons. The molecule has 0 spiro atoms. The molecule has 3 aromatic rings. The molecule has 1 unspecified atom stereocenters. The lowest BCUT2D eigenvalue weighted by Crippen LogP contribution is -2.19. The van der Waals surface area contributed by atoms with E-state index >= 15 is 0 Å². The number of fused-ring (bicyclic) bond motifs is 1. The van der Waals surface area contributed by atoms with E-state index in [2.05, 4.69) is 74.8 Å². The molecule has 0 aliphatic rings. The topological polar surface area (TPSA) is 24.9 Å². The van der Waals surface area contributed by atoms with Crippen LogP contribution >= 0.6 is 15.9 Å². The van der Waals surface area contributed by atoms with E-state index in [-0.39, 0.29) is 6.04 Å². The number of pyridine rings is 1. The van der Waals surface area contributed by atoms with Gasteiger partial charge in [-0.2, -0.15) is 0 Å². The summed E-state index contributed by atoms with van der Waals surface area (Å²) in [6.45, 7) is 0. The summed E-state index contributed by atoms with van der Waals surface area (Å²) in [6.07, 6.45) is 4.75. The van der Waals surface area contributed by atoms with Crippen molar-refractivity contribution in [1.29, 1.82) is 0 Å². The van der Waals surface area contributed by atoms with Crippen LogP contribution in [-0.2, 0) is 6.42 Å². The van der Waals surface area contributed by atoms with Gasteiger partial charge >= 0.3 is 0 Å². The third-order valence-electron chi connectivity index (χ3n) is 3.79. The smallest absolute Gasteiger partial charge is 0.0365 e. The fourth-order valence-electron chi connectivity index (χ4n) is 2.66. The molecule has 0 amide bonds. The van der Waals surface area contributed by atoms with Gasteiger partial charge in [-0.15, -0.1) is 0 Å². The Hall–Kier alpha value is -1.71. The van der Waals surface area contributed by atoms with Crippen molar-refractivity contribution in [2.75, 3.05) is 7.05 Å². The van der Waals surface area contributed by atoms with Crippen LogP contribution < -0.4 is 5.32 Å². The van der Waals surface area contributed by atoms with E-state index in [0.717, 1.165) is 10.9 Å². The summed E-state index contributed by atoms with van der Waals surface area (Å²) in [5.74, 6) is 0. The molecule has 1 aromatic heterocycles. The highest BCUT2D eigenvalue weighted by atomic mass is 79.9. The first-order valence-electron chi connectivity index (χ1n) is 7.02. The molecule has 21 heavy (non-hydrogen) atoms. The lowest BCUT2D eigenvalue weighted by atomic mass is 9.95. The summed E-state index contributed by atoms with van der Waals surface area (Å²) in [4.78, 5) is 4.27. The molecule has 1 atom stereocenters. The van der Waals surface area contributed by atoms with E-state index < -0.39 is 0 Å². The molecule has 3 rings (SSSR count). The molecule has 106 valence electrons. The maximum Gasteiger partial charge on any atom is 0.0365 e. The minimum Gasteiger partial charge on any atom is -0.313 e. The number of hydrogen-bond donors (Lipinski definition) is 1. The molecule has 0 aliphatic heterocycles. The number of hydrogen-bond acceptors (Lipinski definition) is 2. The standard InChI is InChI=1S/C18H17BrN2/c1-20-18(11-13-5-7-15(19)8-6-13)16-4-2-3-14-9-10-21-12-17(14)16/h2-10,12,18,20H,11H2,1H3. The largest absolute Gasteiger partial charge is 0.313 e. The van der Waals surface area contributed by atoms with Crippen molar-refractivity contribution < 1.29 is 0 Å². The maximum atomic E-state index is 4.27. The van der Waals surface area contributed by atoms with E-state index in [1.807, 2.05) is 19.4 Å². The minimum atomic E-state index is 0.277. The van der Waals surface area contributed by atoms with Gasteiger partial charge in [-0.3, -0.25) is 4.98 Å². The fraction of sp³-hybridized carbons (Fsp3) is 0.167. The Morgan fingerprint density at radius 2 is 1.90 bits per heavy atom. The second kappa shape index (κ2) is 6.37. The lowest BCUT2D eigenvalue weighted by Gasteiger charge is -2.19. The van der Waals surface area contributed by atoms with Crippen molar-refractivity contribution >= 4 is 26.7 Å². The molecule has 0 fully saturated rings. The Bertz CT molecular complexity index is 732. The number of nitrogens with one attached hydrogen (secondary N) is 1. The third-order valence-corrected chi connectivity index (χ3v) is 4.32. The predicted molar refractivity (Wildman–Crippen MR) is 91.4 cm³/mol. The quantitative estimate of drug-likeness (QED) is 0.756. The molecule has 0 bridgehead atoms. The zero-order valence-corrected chi connectivity index (χ0v) is 13.5. The predicted octanol–water partition coefficient (Wildman–Crippen LogP) is 4.50. The first-order chi connectivity index (χ1) is 10.3. The first-order valence-corrected chi connectivity index (χ1v) is 7.81. The molecule has 0 saturated heterocycles. The van der Waals surface area contributed by atoms with Crippen LogP contribution in [0.2, 0.25) is 0 Å². The molecule has 1 heterocycles. The van der Waals surface area contributed by atoms with Crippen molar-refractivity contribution in [2.24, 2.45) is 0 Å². The Morgan fingerprint density at radius 3 is 2.67 bits per heavy atom. The van der Waals surface area contributed by atoms with Crippen molar-refractivity contribution in [3.63, 3.8) is 0 Å². The Balaban J connectivity index is 1.96. The van der Waals surface area contributed by atoms with Crippen molar-refractivity contribution in [3.8, 4) is 0 Å². The van der Waals surface area contributed by atoms with E-state index in [4.69, 9.17) is 0 Å². The van der Waals surface area contributed by atoms with Crippen LogP contribution in [0.4, 0.5) is 0 Å². The first kappa shape index (κ1) is 14.2. The normalized spacial score (nSPS) is 12.5. The highest BCUT2D eigenvalue weighted by Crippen LogP contribution is 2.26. The summed E-state index contributed by atoms with van der Waals surface area (Å²) in [6, 6.07) is 17.3. The van der Waals surface area contributed by atoms with E-state index in [1.54, 1.807) is 0 Å². The van der Waals surface area contributed by atoms with Gasteiger partial charge in [-0.05, 0) is 48.2 Å². The summed E-state index contributed by atoms with van der Waals surface area (Å²) < 4.78 is 1.11. The fourth-order valence-corrected chi connectivity index (χ4v) is 2.93. The number of aromatic nitrogens is 1. The summed E-state index contributed by atoms with van der Waals surface area (Å²) >= 11 is 3.48. The average Bonchev–Trinajstić information content (AvgIpc) is 2.54. The highest BCUT2D eigenvalue weighted by molar-refractivity contribution is 9.10. The molecule has 0 aliphatic carbocycles. The zero-order valence-electron chi connectivity index (χ0n) is 11.9. The molecule has 2 nitrogen and oxygen atoms in total. The van der Waals surface area contributed by atoms with Crippen LogP contribution in [0.3, 0.4) is 0 Å². The van der Waals surface area contributed by atoms with Crippen LogP contribution in [0.15, 0.2) is 65.4 Å². The average molecular weight is 341 g/mol. The van der Waals surface area contributed by atoms with Crippen LogP contribution in [-0.4, -0.2) is 12.0 Å². The number of rotatable bonds is 4. The molecule has 0 saturated carbocycles. The van der Waals surface area contributed by atoms with E-state index in [1.165, 1.54) is 21.9 Å². The Labute approximate surface area is 133 Å². The Morgan fingerprint density at radius 1 is 1.10 bits per heavy atom. The minimum absolute atomic E-state index is 0.277. The Kier molecular flexibility index (Phi) is 4.32. The molecule has 1 N–H and O–H groups in total. The van der Waals surface area contributed by atoms with Gasteiger partial charge in [-0.25, -0.2) is 0 Å². The highest BCUT2D eigenvalue weighted by Gasteiger charge is 2.13. The van der Waals surface area contributed by atoms with Gasteiger partial charge in [0.05, 0.1) is 0 Å². The van der Waals surface area contributed by atoms with Gasteiger partial charge in [-0.1, -0.05) is 46.3 Å². The molecular weight excluding hydrogens is 324 g/mol. The summed E-state index contributed by atoms with van der Waals surface area (Å²) in [5.41, 5.74) is 2.62. The maximum absolute atomic E-state index is 4.27. The third kappa shape index (κ3) is 3.14. The lowest BCUT2D eigenvalue weighted by molar-refractivity contribution is 0.596. The van der Waals surface area contributed by atoms with Crippen LogP contribution in [0, 0.1) is 0 Å². The van der Waals surface area contributed by atoms with Crippen molar-refractivity contribution in [3.05, 3.63) is 76.5 Å². The number of halogens is 1. The molecule has 3 heteroatoms. The number of likely N-dealkylation sites (N-methyl/N-ethyl adjacent to an activating group) is 1. The monoisotopic (exact) mass is 340 g/mol. The van der Waals surface area contributed by atoms with Gasteiger partial charge in [0.25, 0.3) is 0 Å². The van der Waals surface area contributed by atoms with Gasteiger partial charge < -0.3 is 5.32 Å². The number of nitrogens with zero attached hydrogens (tertiary/aromatic N) is 1. The van der Waals surface area contributed by atoms with Gasteiger partial charge in [0.1, 0.15) is 0 Å². The second-order valence-corrected chi connectivity index (χ2v) is 6.03. The SMILES string of the molecule is CNC(Cc1ccc(Br)cc1)c1cccc2ccncc12. The van der Waals surface area contributed by atoms with Crippen LogP contribution in [0.25, 0.3) is 10.8 Å². The van der Waals surface area contributed by atoms with Crippen LogP contribution in [0.5, 0.6) is 0 Å². The van der Waals surface area contributed by atoms with Gasteiger partial charge in [0.15, 0.2) is 0 Å². The van der Waals surface area contributed by atoms with E-state index in [9.17, 15) is 0 Å². The number of benzene rings is 2. The van der Waals surface area contributed by atoms with Crippen molar-refractivity contribution in [2.45, 2.75) is 12.5 Å². The second-order valence-electron chi connectivity index (χ2n) is 5.12.